The van der Waals surface area contributed by atoms with Gasteiger partial charge in [-0.15, -0.1) is 0 Å². The lowest BCUT2D eigenvalue weighted by atomic mass is 9.93. The van der Waals surface area contributed by atoms with E-state index in [-0.39, 0.29) is 0 Å². The van der Waals surface area contributed by atoms with Gasteiger partial charge >= 0.3 is 0 Å². The number of ether oxygens (including phenoxy) is 2. The van der Waals surface area contributed by atoms with E-state index >= 15 is 0 Å². The molecule has 0 spiro atoms. The molecule has 0 heterocycles. The maximum absolute atomic E-state index is 5.68. The molecule has 0 saturated carbocycles. The Morgan fingerprint density at radius 1 is 1.32 bits per heavy atom. The largest absolute Gasteiger partial charge is 0.496 e. The van der Waals surface area contributed by atoms with Gasteiger partial charge < -0.3 is 15.2 Å². The molecular weight excluding hydrogens is 258 g/mol. The highest BCUT2D eigenvalue weighted by atomic mass is 32.1. The van der Waals surface area contributed by atoms with Crippen molar-refractivity contribution in [3.05, 3.63) is 29.3 Å². The van der Waals surface area contributed by atoms with Gasteiger partial charge in [0.2, 0.25) is 0 Å². The van der Waals surface area contributed by atoms with E-state index in [0.717, 1.165) is 24.2 Å². The first-order valence-corrected chi connectivity index (χ1v) is 6.79. The lowest BCUT2D eigenvalue weighted by Gasteiger charge is -2.17. The van der Waals surface area contributed by atoms with E-state index in [2.05, 4.69) is 20.8 Å². The zero-order valence-corrected chi connectivity index (χ0v) is 13.0. The second-order valence-electron chi connectivity index (χ2n) is 5.76. The summed E-state index contributed by atoms with van der Waals surface area (Å²) in [5.74, 6) is 0.699. The Hall–Kier alpha value is -1.13. The summed E-state index contributed by atoms with van der Waals surface area (Å²) in [5, 5.41) is 0. The minimum absolute atomic E-state index is 0.299. The highest BCUT2D eigenvalue weighted by Gasteiger charge is 2.10. The summed E-state index contributed by atoms with van der Waals surface area (Å²) >= 11 is 4.97. The van der Waals surface area contributed by atoms with Crippen LogP contribution in [-0.4, -0.2) is 18.7 Å². The summed E-state index contributed by atoms with van der Waals surface area (Å²) < 4.78 is 11.0. The van der Waals surface area contributed by atoms with Crippen LogP contribution in [0.25, 0.3) is 0 Å². The molecule has 0 unspecified atom stereocenters. The minimum Gasteiger partial charge on any atom is -0.496 e. The van der Waals surface area contributed by atoms with Crippen LogP contribution in [0.4, 0.5) is 0 Å². The van der Waals surface area contributed by atoms with Crippen molar-refractivity contribution in [2.45, 2.75) is 33.8 Å². The number of thiocarbonyl (C=S) groups is 1. The quantitative estimate of drug-likeness (QED) is 0.642. The molecule has 0 atom stereocenters. The first-order chi connectivity index (χ1) is 8.83. The first-order valence-electron chi connectivity index (χ1n) is 6.38. The van der Waals surface area contributed by atoms with Gasteiger partial charge in [0.25, 0.3) is 0 Å². The fourth-order valence-corrected chi connectivity index (χ4v) is 1.77. The molecular formula is C15H23NO2S. The Morgan fingerprint density at radius 3 is 2.53 bits per heavy atom. The summed E-state index contributed by atoms with van der Waals surface area (Å²) in [7, 11) is 1.61. The number of nitrogens with two attached hydrogens (primary N) is 1. The summed E-state index contributed by atoms with van der Waals surface area (Å²) in [5.41, 5.74) is 7.75. The molecule has 3 nitrogen and oxygen atoms in total. The third-order valence-electron chi connectivity index (χ3n) is 2.80. The average Bonchev–Trinajstić information content (AvgIpc) is 2.33. The third kappa shape index (κ3) is 5.57. The fraction of sp³-hybridized carbons (Fsp3) is 0.533. The van der Waals surface area contributed by atoms with Crippen molar-refractivity contribution in [3.63, 3.8) is 0 Å². The molecule has 1 rings (SSSR count). The van der Waals surface area contributed by atoms with Crippen LogP contribution in [-0.2, 0) is 11.3 Å². The van der Waals surface area contributed by atoms with E-state index < -0.39 is 0 Å². The number of rotatable bonds is 6. The lowest BCUT2D eigenvalue weighted by molar-refractivity contribution is 0.0961. The van der Waals surface area contributed by atoms with Gasteiger partial charge in [-0.05, 0) is 29.5 Å². The van der Waals surface area contributed by atoms with Gasteiger partial charge in [0.05, 0.1) is 19.3 Å². The molecule has 1 aromatic carbocycles. The van der Waals surface area contributed by atoms with Crippen LogP contribution in [0.1, 0.15) is 38.3 Å². The Kier molecular flexibility index (Phi) is 5.76. The number of hydrogen-bond acceptors (Lipinski definition) is 3. The molecule has 106 valence electrons. The highest BCUT2D eigenvalue weighted by Crippen LogP contribution is 2.21. The zero-order chi connectivity index (χ0) is 14.5. The van der Waals surface area contributed by atoms with E-state index in [4.69, 9.17) is 27.4 Å². The molecule has 0 aliphatic heterocycles. The molecule has 0 aromatic heterocycles. The molecule has 1 aromatic rings. The van der Waals surface area contributed by atoms with Crippen LogP contribution in [0.15, 0.2) is 18.2 Å². The normalized spacial score (nSPS) is 11.4. The number of hydrogen-bond donors (Lipinski definition) is 1. The monoisotopic (exact) mass is 281 g/mol. The lowest BCUT2D eigenvalue weighted by Crippen LogP contribution is -2.12. The molecule has 0 bridgehead atoms. The minimum atomic E-state index is 0.299. The van der Waals surface area contributed by atoms with Crippen LogP contribution in [0, 0.1) is 5.41 Å². The highest BCUT2D eigenvalue weighted by molar-refractivity contribution is 7.80. The molecule has 0 saturated heterocycles. The van der Waals surface area contributed by atoms with Crippen LogP contribution < -0.4 is 10.5 Å². The van der Waals surface area contributed by atoms with Gasteiger partial charge in [0.1, 0.15) is 10.7 Å². The maximum Gasteiger partial charge on any atom is 0.129 e. The predicted octanol–water partition coefficient (Wildman–Crippen LogP) is 3.28. The van der Waals surface area contributed by atoms with Crippen LogP contribution in [0.2, 0.25) is 0 Å². The molecule has 19 heavy (non-hydrogen) atoms. The second kappa shape index (κ2) is 6.87. The maximum atomic E-state index is 5.68. The van der Waals surface area contributed by atoms with Crippen molar-refractivity contribution in [3.8, 4) is 5.75 Å². The Bertz CT molecular complexity index is 438. The first kappa shape index (κ1) is 15.9. The fourth-order valence-electron chi connectivity index (χ4n) is 1.60. The van der Waals surface area contributed by atoms with Crippen molar-refractivity contribution in [2.24, 2.45) is 11.1 Å². The van der Waals surface area contributed by atoms with Crippen molar-refractivity contribution in [1.29, 1.82) is 0 Å². The second-order valence-corrected chi connectivity index (χ2v) is 6.20. The number of benzene rings is 1. The van der Waals surface area contributed by atoms with E-state index in [1.54, 1.807) is 7.11 Å². The van der Waals surface area contributed by atoms with Crippen molar-refractivity contribution < 1.29 is 9.47 Å². The molecule has 2 N–H and O–H groups in total. The summed E-state index contributed by atoms with van der Waals surface area (Å²) in [6, 6.07) is 5.77. The van der Waals surface area contributed by atoms with Gasteiger partial charge in [-0.25, -0.2) is 0 Å². The summed E-state index contributed by atoms with van der Waals surface area (Å²) in [6.45, 7) is 7.94. The average molecular weight is 281 g/mol. The predicted molar refractivity (Wildman–Crippen MR) is 82.6 cm³/mol. The van der Waals surface area contributed by atoms with E-state index in [1.165, 1.54) is 0 Å². The summed E-state index contributed by atoms with van der Waals surface area (Å²) in [6.07, 6.45) is 1.04. The zero-order valence-electron chi connectivity index (χ0n) is 12.2. The Balaban J connectivity index is 2.58. The van der Waals surface area contributed by atoms with Crippen LogP contribution in [0.5, 0.6) is 5.75 Å². The van der Waals surface area contributed by atoms with Crippen molar-refractivity contribution >= 4 is 17.2 Å². The standard InChI is InChI=1S/C15H23NO2S/c1-15(2,3)7-8-18-10-11-5-6-12(14(16)19)13(9-11)17-4/h5-6,9H,7-8,10H2,1-4H3,(H2,16,19). The SMILES string of the molecule is COc1cc(COCCC(C)(C)C)ccc1C(N)=S. The number of methoxy groups -OCH3 is 1. The molecule has 0 radical (unpaired) electrons. The Morgan fingerprint density at radius 2 is 2.00 bits per heavy atom. The molecule has 4 heteroatoms. The van der Waals surface area contributed by atoms with E-state index in [0.29, 0.717) is 22.8 Å². The van der Waals surface area contributed by atoms with Gasteiger partial charge in [-0.3, -0.25) is 0 Å². The summed E-state index contributed by atoms with van der Waals surface area (Å²) in [4.78, 5) is 0.344. The molecule has 0 aliphatic rings. The van der Waals surface area contributed by atoms with Gasteiger partial charge in [0, 0.05) is 6.61 Å². The van der Waals surface area contributed by atoms with Crippen molar-refractivity contribution in [2.75, 3.05) is 13.7 Å². The smallest absolute Gasteiger partial charge is 0.129 e. The van der Waals surface area contributed by atoms with Crippen molar-refractivity contribution in [1.82, 2.24) is 0 Å². The Labute approximate surface area is 121 Å². The molecule has 0 fully saturated rings. The van der Waals surface area contributed by atoms with E-state index in [1.807, 2.05) is 18.2 Å². The van der Waals surface area contributed by atoms with Crippen LogP contribution >= 0.6 is 12.2 Å². The van der Waals surface area contributed by atoms with Gasteiger partial charge in [0.15, 0.2) is 0 Å². The van der Waals surface area contributed by atoms with Crippen LogP contribution in [0.3, 0.4) is 0 Å². The van der Waals surface area contributed by atoms with Gasteiger partial charge in [-0.2, -0.15) is 0 Å². The molecule has 0 aliphatic carbocycles. The topological polar surface area (TPSA) is 44.5 Å². The van der Waals surface area contributed by atoms with Gasteiger partial charge in [-0.1, -0.05) is 39.1 Å². The third-order valence-corrected chi connectivity index (χ3v) is 3.02. The van der Waals surface area contributed by atoms with E-state index in [9.17, 15) is 0 Å². The molecule has 0 amide bonds.